The van der Waals surface area contributed by atoms with Crippen LogP contribution in [0, 0.1) is 0 Å². The molecule has 7 heavy (non-hydrogen) atoms. The Morgan fingerprint density at radius 2 is 2.57 bits per heavy atom. The summed E-state index contributed by atoms with van der Waals surface area (Å²) in [6.07, 6.45) is 1.43. The molecule has 0 aromatic rings. The Morgan fingerprint density at radius 3 is 2.71 bits per heavy atom. The number of rotatable bonds is 3. The molecule has 0 bridgehead atoms. The summed E-state index contributed by atoms with van der Waals surface area (Å²) in [5, 5.41) is 0. The summed E-state index contributed by atoms with van der Waals surface area (Å²) in [6.45, 7) is 3.46. The van der Waals surface area contributed by atoms with E-state index >= 15 is 0 Å². The maximum atomic E-state index is 9.74. The van der Waals surface area contributed by atoms with Crippen LogP contribution in [-0.4, -0.2) is 26.0 Å². The molecule has 0 aliphatic carbocycles. The van der Waals surface area contributed by atoms with Gasteiger partial charge in [-0.3, -0.25) is 0 Å². The normalized spacial score (nSPS) is 13.3. The van der Waals surface area contributed by atoms with Crippen molar-refractivity contribution in [3.05, 3.63) is 12.7 Å². The van der Waals surface area contributed by atoms with Crippen LogP contribution in [0.15, 0.2) is 12.7 Å². The Hall–Kier alpha value is 0.0184. The van der Waals surface area contributed by atoms with Crippen LogP contribution in [-0.2, 0) is 7.47 Å². The molecule has 0 aromatic heterocycles. The van der Waals surface area contributed by atoms with E-state index in [-0.39, 0.29) is 6.61 Å². The van der Waals surface area contributed by atoms with Gasteiger partial charge in [0.2, 0.25) is 0 Å². The summed E-state index contributed by atoms with van der Waals surface area (Å²) < 4.78 is 22.0. The van der Waals surface area contributed by atoms with Crippen molar-refractivity contribution in [1.29, 1.82) is 0 Å². The van der Waals surface area contributed by atoms with Crippen LogP contribution in [0.3, 0.4) is 0 Å². The maximum absolute atomic E-state index is 9.74. The molecule has 4 heteroatoms. The first-order valence-electron chi connectivity index (χ1n) is 1.74. The average Bonchev–Trinajstić information content (AvgIpc) is 1.61. The third-order valence-corrected chi connectivity index (χ3v) is 1.19. The van der Waals surface area contributed by atoms with E-state index in [4.69, 9.17) is 4.10 Å². The quantitative estimate of drug-likeness (QED) is 0.446. The van der Waals surface area contributed by atoms with Crippen molar-refractivity contribution in [2.45, 2.75) is 0 Å². The average molecular weight is 166 g/mol. The zero-order valence-electron chi connectivity index (χ0n) is 3.76. The van der Waals surface area contributed by atoms with E-state index in [9.17, 15) is 3.74 Å². The zero-order valence-corrected chi connectivity index (χ0v) is 5.85. The summed E-state index contributed by atoms with van der Waals surface area (Å²) >= 11 is -3.23. The van der Waals surface area contributed by atoms with Gasteiger partial charge >= 0.3 is 46.1 Å². The van der Waals surface area contributed by atoms with Gasteiger partial charge in [0.1, 0.15) is 0 Å². The van der Waals surface area contributed by atoms with Crippen molar-refractivity contribution >= 4 is 15.3 Å². The first kappa shape index (κ1) is 7.02. The van der Waals surface area contributed by atoms with E-state index in [1.165, 1.54) is 6.08 Å². The van der Waals surface area contributed by atoms with E-state index in [1.807, 2.05) is 0 Å². The van der Waals surface area contributed by atoms with Crippen molar-refractivity contribution in [2.75, 3.05) is 6.61 Å². The van der Waals surface area contributed by atoms with Gasteiger partial charge in [0, 0.05) is 0 Å². The third-order valence-electron chi connectivity index (χ3n) is 0.325. The van der Waals surface area contributed by atoms with Crippen LogP contribution in [0.4, 0.5) is 0 Å². The minimum atomic E-state index is -3.23. The Bertz CT molecular complexity index is 80.2. The summed E-state index contributed by atoms with van der Waals surface area (Å²) in [4.78, 5) is 0. The molecule has 0 spiro atoms. The molecule has 0 heterocycles. The summed E-state index contributed by atoms with van der Waals surface area (Å²) in [5.74, 6) is 0. The van der Waals surface area contributed by atoms with Crippen LogP contribution >= 0.6 is 0 Å². The first-order valence-corrected chi connectivity index (χ1v) is 4.39. The Labute approximate surface area is 46.8 Å². The monoisotopic (exact) mass is 166 g/mol. The second-order valence-corrected chi connectivity index (χ2v) is 2.59. The predicted molar refractivity (Wildman–Crippen MR) is 26.2 cm³/mol. The van der Waals surface area contributed by atoms with E-state index in [0.717, 1.165) is 0 Å². The van der Waals surface area contributed by atoms with Gasteiger partial charge < -0.3 is 0 Å². The van der Waals surface area contributed by atoms with Crippen LogP contribution in [0.25, 0.3) is 0 Å². The molecule has 1 N–H and O–H groups in total. The fraction of sp³-hybridized carbons (Fsp3) is 0.333. The molecule has 0 saturated carbocycles. The van der Waals surface area contributed by atoms with E-state index in [0.29, 0.717) is 0 Å². The van der Waals surface area contributed by atoms with Gasteiger partial charge in [0.05, 0.1) is 0 Å². The van der Waals surface area contributed by atoms with Crippen LogP contribution < -0.4 is 0 Å². The van der Waals surface area contributed by atoms with Gasteiger partial charge in [0.15, 0.2) is 0 Å². The SMILES string of the molecule is C=CCO[AsH](=O)O. The molecule has 0 aliphatic heterocycles. The van der Waals surface area contributed by atoms with Crippen molar-refractivity contribution < 1.29 is 11.6 Å². The second-order valence-electron chi connectivity index (χ2n) is 0.866. The van der Waals surface area contributed by atoms with Gasteiger partial charge in [-0.05, 0) is 0 Å². The third kappa shape index (κ3) is 6.02. The van der Waals surface area contributed by atoms with Crippen LogP contribution in [0.1, 0.15) is 0 Å². The molecular weight excluding hydrogens is 159 g/mol. The molecule has 0 amide bonds. The van der Waals surface area contributed by atoms with E-state index < -0.39 is 15.3 Å². The molecule has 1 unspecified atom stereocenters. The molecule has 0 aliphatic rings. The number of hydrogen-bond acceptors (Lipinski definition) is 2. The van der Waals surface area contributed by atoms with Crippen molar-refractivity contribution in [2.24, 2.45) is 0 Å². The van der Waals surface area contributed by atoms with Crippen LogP contribution in [0.5, 0.6) is 0 Å². The van der Waals surface area contributed by atoms with Gasteiger partial charge in [0.25, 0.3) is 0 Å². The van der Waals surface area contributed by atoms with Crippen LogP contribution in [0.2, 0.25) is 0 Å². The minimum absolute atomic E-state index is 0.176. The molecule has 0 radical (unpaired) electrons. The summed E-state index contributed by atoms with van der Waals surface area (Å²) in [5.41, 5.74) is 0. The van der Waals surface area contributed by atoms with Crippen molar-refractivity contribution in [1.82, 2.24) is 0 Å². The Morgan fingerprint density at radius 1 is 2.00 bits per heavy atom. The Balaban J connectivity index is 2.97. The van der Waals surface area contributed by atoms with Gasteiger partial charge in [-0.25, -0.2) is 0 Å². The van der Waals surface area contributed by atoms with E-state index in [1.54, 1.807) is 0 Å². The molecule has 0 aromatic carbocycles. The molecular formula is C3H7AsO3. The fourth-order valence-corrected chi connectivity index (χ4v) is 0.677. The standard InChI is InChI=1S/C3H7AsO3/c1-2-3-7-4(5)6/h2,4H,1,3H2,(H,5,6). The van der Waals surface area contributed by atoms with Gasteiger partial charge in [-0.1, -0.05) is 0 Å². The molecule has 0 saturated heterocycles. The van der Waals surface area contributed by atoms with E-state index in [2.05, 4.69) is 10.3 Å². The van der Waals surface area contributed by atoms with Gasteiger partial charge in [-0.2, -0.15) is 0 Å². The Kier molecular flexibility index (Phi) is 4.20. The molecule has 42 valence electrons. The van der Waals surface area contributed by atoms with Crippen molar-refractivity contribution in [3.63, 3.8) is 0 Å². The topological polar surface area (TPSA) is 46.5 Å². The fourth-order valence-electron chi connectivity index (χ4n) is 0.130. The summed E-state index contributed by atoms with van der Waals surface area (Å²) in [7, 11) is 0. The van der Waals surface area contributed by atoms with Gasteiger partial charge in [-0.15, -0.1) is 0 Å². The second kappa shape index (κ2) is 4.18. The first-order chi connectivity index (χ1) is 3.27. The molecule has 3 nitrogen and oxygen atoms in total. The zero-order chi connectivity index (χ0) is 5.70. The molecule has 0 fully saturated rings. The van der Waals surface area contributed by atoms with Crippen molar-refractivity contribution in [3.8, 4) is 0 Å². The molecule has 1 atom stereocenters. The molecule has 0 rings (SSSR count). The predicted octanol–water partition coefficient (Wildman–Crippen LogP) is -0.671. The summed E-state index contributed by atoms with van der Waals surface area (Å²) in [6, 6.07) is 0. The number of hydrogen-bond donors (Lipinski definition) is 1.